The molecule has 0 fully saturated rings. The highest BCUT2D eigenvalue weighted by atomic mass is 19.1. The molecular formula is C14H18F2N4. The molecular weight excluding hydrogens is 262 g/mol. The van der Waals surface area contributed by atoms with Crippen LogP contribution in [-0.4, -0.2) is 9.78 Å². The zero-order chi connectivity index (χ0) is 14.7. The summed E-state index contributed by atoms with van der Waals surface area (Å²) in [6, 6.07) is 3.46. The van der Waals surface area contributed by atoms with Crippen LogP contribution in [0.1, 0.15) is 29.8 Å². The first-order chi connectivity index (χ1) is 9.56. The highest BCUT2D eigenvalue weighted by Crippen LogP contribution is 2.24. The first kappa shape index (κ1) is 14.6. The van der Waals surface area contributed by atoms with Crippen molar-refractivity contribution in [3.8, 4) is 0 Å². The van der Waals surface area contributed by atoms with Crippen LogP contribution in [0.4, 0.5) is 8.78 Å². The molecule has 1 heterocycles. The van der Waals surface area contributed by atoms with Crippen LogP contribution in [0.5, 0.6) is 0 Å². The number of hydrazine groups is 1. The third-order valence-corrected chi connectivity index (χ3v) is 3.32. The van der Waals surface area contributed by atoms with Crippen molar-refractivity contribution in [3.05, 3.63) is 52.9 Å². The first-order valence-electron chi connectivity index (χ1n) is 6.48. The lowest BCUT2D eigenvalue weighted by atomic mass is 9.98. The number of hydrogen-bond acceptors (Lipinski definition) is 3. The molecule has 1 aromatic carbocycles. The Labute approximate surface area is 116 Å². The zero-order valence-electron chi connectivity index (χ0n) is 11.5. The number of halogens is 2. The fraction of sp³-hybridized carbons (Fsp3) is 0.357. The summed E-state index contributed by atoms with van der Waals surface area (Å²) < 4.78 is 29.1. The van der Waals surface area contributed by atoms with Gasteiger partial charge >= 0.3 is 0 Å². The Morgan fingerprint density at radius 1 is 1.35 bits per heavy atom. The fourth-order valence-corrected chi connectivity index (χ4v) is 2.31. The van der Waals surface area contributed by atoms with E-state index in [1.165, 1.54) is 18.2 Å². The third kappa shape index (κ3) is 2.86. The molecule has 0 amide bonds. The van der Waals surface area contributed by atoms with E-state index in [2.05, 4.69) is 10.5 Å². The lowest BCUT2D eigenvalue weighted by Gasteiger charge is -2.16. The minimum absolute atomic E-state index is 0.0290. The van der Waals surface area contributed by atoms with Gasteiger partial charge in [-0.15, -0.1) is 0 Å². The van der Waals surface area contributed by atoms with E-state index in [0.29, 0.717) is 0 Å². The average molecular weight is 280 g/mol. The Morgan fingerprint density at radius 3 is 2.55 bits per heavy atom. The van der Waals surface area contributed by atoms with Crippen molar-refractivity contribution in [1.82, 2.24) is 15.2 Å². The number of hydrogen-bond donors (Lipinski definition) is 2. The molecule has 1 unspecified atom stereocenters. The maximum Gasteiger partial charge on any atom is 0.129 e. The first-order valence-corrected chi connectivity index (χ1v) is 6.48. The van der Waals surface area contributed by atoms with E-state index in [1.807, 2.05) is 13.1 Å². The molecule has 0 bridgehead atoms. The number of benzene rings is 1. The maximum atomic E-state index is 13.7. The van der Waals surface area contributed by atoms with Crippen LogP contribution >= 0.6 is 0 Å². The monoisotopic (exact) mass is 280 g/mol. The van der Waals surface area contributed by atoms with Crippen molar-refractivity contribution in [1.29, 1.82) is 0 Å². The van der Waals surface area contributed by atoms with Crippen molar-refractivity contribution in [2.24, 2.45) is 12.9 Å². The molecule has 4 nitrogen and oxygen atoms in total. The largest absolute Gasteiger partial charge is 0.275 e. The summed E-state index contributed by atoms with van der Waals surface area (Å²) in [5, 5.41) is 4.32. The normalized spacial score (nSPS) is 12.7. The average Bonchev–Trinajstić information content (AvgIpc) is 2.80. The molecule has 0 radical (unpaired) electrons. The van der Waals surface area contributed by atoms with Crippen LogP contribution in [0, 0.1) is 11.6 Å². The molecule has 0 spiro atoms. The number of rotatable bonds is 5. The standard InChI is InChI=1S/C14H18F2N4/c1-3-13-10(8-20(2)19-13)14(18-17)7-9-11(15)5-4-6-12(9)16/h4-6,8,14,18H,3,7,17H2,1-2H3. The second-order valence-corrected chi connectivity index (χ2v) is 4.68. The molecule has 0 aliphatic carbocycles. The van der Waals surface area contributed by atoms with Gasteiger partial charge < -0.3 is 0 Å². The minimum Gasteiger partial charge on any atom is -0.275 e. The molecule has 0 aliphatic heterocycles. The van der Waals surface area contributed by atoms with E-state index in [4.69, 9.17) is 5.84 Å². The third-order valence-electron chi connectivity index (χ3n) is 3.32. The van der Waals surface area contributed by atoms with Crippen molar-refractivity contribution >= 4 is 0 Å². The summed E-state index contributed by atoms with van der Waals surface area (Å²) in [5.74, 6) is 4.43. The van der Waals surface area contributed by atoms with Gasteiger partial charge in [0.2, 0.25) is 0 Å². The molecule has 108 valence electrons. The summed E-state index contributed by atoms with van der Waals surface area (Å²) >= 11 is 0. The molecule has 0 saturated heterocycles. The Kier molecular flexibility index (Phi) is 4.46. The van der Waals surface area contributed by atoms with Crippen LogP contribution in [0.25, 0.3) is 0 Å². The lowest BCUT2D eigenvalue weighted by molar-refractivity contribution is 0.498. The van der Waals surface area contributed by atoms with E-state index in [0.717, 1.165) is 17.7 Å². The van der Waals surface area contributed by atoms with Gasteiger partial charge in [-0.25, -0.2) is 8.78 Å². The summed E-state index contributed by atoms with van der Waals surface area (Å²) in [6.45, 7) is 1.98. The topological polar surface area (TPSA) is 55.9 Å². The van der Waals surface area contributed by atoms with Crippen molar-refractivity contribution in [2.45, 2.75) is 25.8 Å². The second kappa shape index (κ2) is 6.11. The van der Waals surface area contributed by atoms with Gasteiger partial charge in [0, 0.05) is 24.4 Å². The van der Waals surface area contributed by atoms with Crippen LogP contribution < -0.4 is 11.3 Å². The summed E-state index contributed by atoms with van der Waals surface area (Å²) in [7, 11) is 1.81. The van der Waals surface area contributed by atoms with Crippen LogP contribution in [0.15, 0.2) is 24.4 Å². The Balaban J connectivity index is 2.33. The molecule has 20 heavy (non-hydrogen) atoms. The number of nitrogens with two attached hydrogens (primary N) is 1. The molecule has 2 aromatic rings. The highest BCUT2D eigenvalue weighted by molar-refractivity contribution is 5.27. The quantitative estimate of drug-likeness (QED) is 0.650. The van der Waals surface area contributed by atoms with Gasteiger partial charge in [0.05, 0.1) is 11.7 Å². The number of nitrogens with zero attached hydrogens (tertiary/aromatic N) is 2. The van der Waals surface area contributed by atoms with Gasteiger partial charge in [0.25, 0.3) is 0 Å². The number of aryl methyl sites for hydroxylation is 2. The van der Waals surface area contributed by atoms with Gasteiger partial charge in [-0.1, -0.05) is 13.0 Å². The molecule has 0 saturated carbocycles. The van der Waals surface area contributed by atoms with Gasteiger partial charge in [-0.05, 0) is 25.0 Å². The van der Waals surface area contributed by atoms with E-state index in [9.17, 15) is 8.78 Å². The van der Waals surface area contributed by atoms with Crippen molar-refractivity contribution in [3.63, 3.8) is 0 Å². The predicted molar refractivity (Wildman–Crippen MR) is 72.7 cm³/mol. The van der Waals surface area contributed by atoms with Gasteiger partial charge in [-0.2, -0.15) is 5.10 Å². The van der Waals surface area contributed by atoms with Crippen LogP contribution in [-0.2, 0) is 19.9 Å². The molecule has 2 rings (SSSR count). The Hall–Kier alpha value is -1.79. The van der Waals surface area contributed by atoms with Crippen LogP contribution in [0.2, 0.25) is 0 Å². The minimum atomic E-state index is -0.563. The van der Waals surface area contributed by atoms with Crippen molar-refractivity contribution < 1.29 is 8.78 Å². The lowest BCUT2D eigenvalue weighted by Crippen LogP contribution is -2.30. The van der Waals surface area contributed by atoms with E-state index in [-0.39, 0.29) is 18.0 Å². The highest BCUT2D eigenvalue weighted by Gasteiger charge is 2.20. The second-order valence-electron chi connectivity index (χ2n) is 4.68. The molecule has 3 N–H and O–H groups in total. The van der Waals surface area contributed by atoms with E-state index >= 15 is 0 Å². The molecule has 1 aromatic heterocycles. The van der Waals surface area contributed by atoms with Gasteiger partial charge in [0.15, 0.2) is 0 Å². The molecule has 6 heteroatoms. The number of aromatic nitrogens is 2. The predicted octanol–water partition coefficient (Wildman–Crippen LogP) is 2.01. The van der Waals surface area contributed by atoms with E-state index in [1.54, 1.807) is 11.7 Å². The van der Waals surface area contributed by atoms with Crippen molar-refractivity contribution in [2.75, 3.05) is 0 Å². The van der Waals surface area contributed by atoms with Gasteiger partial charge in [0.1, 0.15) is 11.6 Å². The SMILES string of the molecule is CCc1nn(C)cc1C(Cc1c(F)cccc1F)NN. The molecule has 1 atom stereocenters. The maximum absolute atomic E-state index is 13.7. The van der Waals surface area contributed by atoms with E-state index < -0.39 is 11.6 Å². The number of nitrogens with one attached hydrogen (secondary N) is 1. The van der Waals surface area contributed by atoms with Gasteiger partial charge in [-0.3, -0.25) is 16.0 Å². The molecule has 0 aliphatic rings. The summed E-state index contributed by atoms with van der Waals surface area (Å²) in [6.07, 6.45) is 2.68. The summed E-state index contributed by atoms with van der Waals surface area (Å²) in [4.78, 5) is 0. The summed E-state index contributed by atoms with van der Waals surface area (Å²) in [5.41, 5.74) is 4.38. The zero-order valence-corrected chi connectivity index (χ0v) is 11.5. The smallest absolute Gasteiger partial charge is 0.129 e. The fourth-order valence-electron chi connectivity index (χ4n) is 2.31. The van der Waals surface area contributed by atoms with Crippen LogP contribution in [0.3, 0.4) is 0 Å². The Bertz CT molecular complexity index is 575. The Morgan fingerprint density at radius 2 is 2.00 bits per heavy atom.